The molecule has 0 aliphatic rings. The van der Waals surface area contributed by atoms with E-state index in [2.05, 4.69) is 15.5 Å². The summed E-state index contributed by atoms with van der Waals surface area (Å²) >= 11 is 1.31. The zero-order chi connectivity index (χ0) is 16.1. The molecule has 22 heavy (non-hydrogen) atoms. The summed E-state index contributed by atoms with van der Waals surface area (Å²) in [5.74, 6) is -0.473. The SMILES string of the molecule is CCc1nnc(NC(=O)/C(C#N)=C/c2ccc(C)c(C)c2)s1. The molecule has 112 valence electrons. The number of anilines is 1. The van der Waals surface area contributed by atoms with Gasteiger partial charge in [0.25, 0.3) is 5.91 Å². The molecule has 0 unspecified atom stereocenters. The minimum atomic E-state index is -0.473. The van der Waals surface area contributed by atoms with Crippen LogP contribution in [0.2, 0.25) is 0 Å². The van der Waals surface area contributed by atoms with Gasteiger partial charge in [-0.3, -0.25) is 10.1 Å². The molecule has 0 fully saturated rings. The van der Waals surface area contributed by atoms with Crippen LogP contribution in [0.25, 0.3) is 6.08 Å². The van der Waals surface area contributed by atoms with Crippen LogP contribution in [0.15, 0.2) is 23.8 Å². The van der Waals surface area contributed by atoms with Gasteiger partial charge in [0.1, 0.15) is 16.6 Å². The fourth-order valence-corrected chi connectivity index (χ4v) is 2.46. The number of aromatic nitrogens is 2. The van der Waals surface area contributed by atoms with Gasteiger partial charge in [-0.1, -0.05) is 36.5 Å². The number of carbonyl (C=O) groups excluding carboxylic acids is 1. The summed E-state index contributed by atoms with van der Waals surface area (Å²) in [6, 6.07) is 7.72. The molecule has 1 N–H and O–H groups in total. The number of hydrogen-bond donors (Lipinski definition) is 1. The van der Waals surface area contributed by atoms with Gasteiger partial charge in [-0.05, 0) is 43.0 Å². The summed E-state index contributed by atoms with van der Waals surface area (Å²) in [6.45, 7) is 5.97. The summed E-state index contributed by atoms with van der Waals surface area (Å²) < 4.78 is 0. The Balaban J connectivity index is 2.19. The van der Waals surface area contributed by atoms with E-state index in [1.165, 1.54) is 16.9 Å². The van der Waals surface area contributed by atoms with E-state index in [0.29, 0.717) is 5.13 Å². The quantitative estimate of drug-likeness (QED) is 0.694. The minimum absolute atomic E-state index is 0.0384. The highest BCUT2D eigenvalue weighted by atomic mass is 32.1. The zero-order valence-corrected chi connectivity index (χ0v) is 13.5. The van der Waals surface area contributed by atoms with Crippen molar-refractivity contribution in [3.8, 4) is 6.07 Å². The molecule has 2 aromatic rings. The molecule has 0 saturated carbocycles. The number of rotatable bonds is 4. The molecule has 1 amide bonds. The fraction of sp³-hybridized carbons (Fsp3) is 0.250. The highest BCUT2D eigenvalue weighted by molar-refractivity contribution is 7.15. The number of hydrogen-bond acceptors (Lipinski definition) is 5. The fourth-order valence-electron chi connectivity index (χ4n) is 1.78. The first-order valence-electron chi connectivity index (χ1n) is 6.86. The Labute approximate surface area is 133 Å². The lowest BCUT2D eigenvalue weighted by atomic mass is 10.0. The third kappa shape index (κ3) is 3.77. The summed E-state index contributed by atoms with van der Waals surface area (Å²) in [6.07, 6.45) is 2.33. The van der Waals surface area contributed by atoms with Crippen LogP contribution >= 0.6 is 11.3 Å². The maximum atomic E-state index is 12.1. The van der Waals surface area contributed by atoms with Gasteiger partial charge < -0.3 is 0 Å². The zero-order valence-electron chi connectivity index (χ0n) is 12.7. The van der Waals surface area contributed by atoms with Crippen LogP contribution in [-0.4, -0.2) is 16.1 Å². The van der Waals surface area contributed by atoms with Gasteiger partial charge in [0.05, 0.1) is 0 Å². The maximum absolute atomic E-state index is 12.1. The molecule has 1 aromatic heterocycles. The monoisotopic (exact) mass is 312 g/mol. The lowest BCUT2D eigenvalue weighted by Gasteiger charge is -2.02. The van der Waals surface area contributed by atoms with Gasteiger partial charge >= 0.3 is 0 Å². The number of carbonyl (C=O) groups is 1. The van der Waals surface area contributed by atoms with Crippen molar-refractivity contribution in [3.05, 3.63) is 45.5 Å². The van der Waals surface area contributed by atoms with Crippen molar-refractivity contribution in [1.82, 2.24) is 10.2 Å². The third-order valence-electron chi connectivity index (χ3n) is 3.20. The second-order valence-corrected chi connectivity index (χ2v) is 5.88. The van der Waals surface area contributed by atoms with E-state index in [0.717, 1.165) is 22.6 Å². The molecule has 1 heterocycles. The normalized spacial score (nSPS) is 11.1. The van der Waals surface area contributed by atoms with Crippen LogP contribution in [0, 0.1) is 25.2 Å². The van der Waals surface area contributed by atoms with E-state index >= 15 is 0 Å². The third-order valence-corrected chi connectivity index (χ3v) is 4.18. The van der Waals surface area contributed by atoms with Crippen molar-refractivity contribution in [3.63, 3.8) is 0 Å². The van der Waals surface area contributed by atoms with Gasteiger partial charge in [0.15, 0.2) is 0 Å². The van der Waals surface area contributed by atoms with Gasteiger partial charge in [0, 0.05) is 0 Å². The predicted octanol–water partition coefficient (Wildman–Crippen LogP) is 3.26. The number of nitrogens with zero attached hydrogens (tertiary/aromatic N) is 3. The van der Waals surface area contributed by atoms with Crippen molar-refractivity contribution >= 4 is 28.5 Å². The molecule has 0 aliphatic heterocycles. The second-order valence-electron chi connectivity index (χ2n) is 4.82. The molecule has 0 bridgehead atoms. The van der Waals surface area contributed by atoms with E-state index in [1.54, 1.807) is 6.08 Å². The first kappa shape index (κ1) is 15.9. The Morgan fingerprint density at radius 1 is 1.36 bits per heavy atom. The average molecular weight is 312 g/mol. The number of nitriles is 1. The molecule has 2 rings (SSSR count). The van der Waals surface area contributed by atoms with Gasteiger partial charge in [-0.15, -0.1) is 10.2 Å². The first-order valence-corrected chi connectivity index (χ1v) is 7.68. The van der Waals surface area contributed by atoms with Gasteiger partial charge in [0.2, 0.25) is 5.13 Å². The summed E-state index contributed by atoms with van der Waals surface area (Å²) in [5.41, 5.74) is 3.14. The van der Waals surface area contributed by atoms with Crippen molar-refractivity contribution < 1.29 is 4.79 Å². The number of aryl methyl sites for hydroxylation is 3. The second kappa shape index (κ2) is 6.96. The minimum Gasteiger partial charge on any atom is -0.296 e. The summed E-state index contributed by atoms with van der Waals surface area (Å²) in [5, 5.41) is 20.9. The molecule has 0 atom stereocenters. The Morgan fingerprint density at radius 2 is 2.14 bits per heavy atom. The van der Waals surface area contributed by atoms with Gasteiger partial charge in [-0.25, -0.2) is 0 Å². The molecule has 1 aromatic carbocycles. The van der Waals surface area contributed by atoms with Crippen molar-refractivity contribution in [2.24, 2.45) is 0 Å². The molecule has 6 heteroatoms. The first-order chi connectivity index (χ1) is 10.5. The van der Waals surface area contributed by atoms with E-state index in [-0.39, 0.29) is 5.57 Å². The Morgan fingerprint density at radius 3 is 2.73 bits per heavy atom. The lowest BCUT2D eigenvalue weighted by molar-refractivity contribution is -0.112. The molecule has 0 radical (unpaired) electrons. The Kier molecular flexibility index (Phi) is 5.02. The number of nitrogens with one attached hydrogen (secondary N) is 1. The standard InChI is InChI=1S/C16H16N4OS/c1-4-14-19-20-16(22-14)18-15(21)13(9-17)8-12-6-5-10(2)11(3)7-12/h5-8H,4H2,1-3H3,(H,18,20,21)/b13-8+. The van der Waals surface area contributed by atoms with Crippen LogP contribution in [0.3, 0.4) is 0 Å². The lowest BCUT2D eigenvalue weighted by Crippen LogP contribution is -2.13. The Hall–Kier alpha value is -2.52. The van der Waals surface area contributed by atoms with Crippen molar-refractivity contribution in [1.29, 1.82) is 5.26 Å². The summed E-state index contributed by atoms with van der Waals surface area (Å²) in [7, 11) is 0. The Bertz CT molecular complexity index is 771. The summed E-state index contributed by atoms with van der Waals surface area (Å²) in [4.78, 5) is 12.1. The van der Waals surface area contributed by atoms with E-state index in [9.17, 15) is 10.1 Å². The smallest absolute Gasteiger partial charge is 0.268 e. The molecule has 0 spiro atoms. The molecular weight excluding hydrogens is 296 g/mol. The predicted molar refractivity (Wildman–Crippen MR) is 87.4 cm³/mol. The molecule has 0 saturated heterocycles. The highest BCUT2D eigenvalue weighted by Gasteiger charge is 2.12. The number of benzene rings is 1. The maximum Gasteiger partial charge on any atom is 0.268 e. The van der Waals surface area contributed by atoms with Gasteiger partial charge in [-0.2, -0.15) is 5.26 Å². The van der Waals surface area contributed by atoms with E-state index in [4.69, 9.17) is 0 Å². The van der Waals surface area contributed by atoms with Crippen LogP contribution in [-0.2, 0) is 11.2 Å². The number of amides is 1. The largest absolute Gasteiger partial charge is 0.296 e. The average Bonchev–Trinajstić information content (AvgIpc) is 2.95. The molecule has 0 aliphatic carbocycles. The van der Waals surface area contributed by atoms with Crippen LogP contribution in [0.5, 0.6) is 0 Å². The highest BCUT2D eigenvalue weighted by Crippen LogP contribution is 2.17. The van der Waals surface area contributed by atoms with E-state index in [1.807, 2.05) is 45.0 Å². The van der Waals surface area contributed by atoms with Crippen molar-refractivity contribution in [2.45, 2.75) is 27.2 Å². The molecular formula is C16H16N4OS. The van der Waals surface area contributed by atoms with Crippen molar-refractivity contribution in [2.75, 3.05) is 5.32 Å². The van der Waals surface area contributed by atoms with Crippen LogP contribution in [0.4, 0.5) is 5.13 Å². The van der Waals surface area contributed by atoms with E-state index < -0.39 is 5.91 Å². The molecule has 5 nitrogen and oxygen atoms in total. The van der Waals surface area contributed by atoms with Crippen LogP contribution < -0.4 is 5.32 Å². The topological polar surface area (TPSA) is 78.7 Å². The van der Waals surface area contributed by atoms with Crippen LogP contribution in [0.1, 0.15) is 28.6 Å².